The molecule has 0 radical (unpaired) electrons. The molecule has 1 unspecified atom stereocenters. The second-order valence-corrected chi connectivity index (χ2v) is 6.92. The number of aliphatic imine (C=N–C) groups is 1. The van der Waals surface area contributed by atoms with Crippen LogP contribution in [0.2, 0.25) is 0 Å². The van der Waals surface area contributed by atoms with E-state index in [9.17, 15) is 14.0 Å². The van der Waals surface area contributed by atoms with Gasteiger partial charge in [0.1, 0.15) is 5.82 Å². The molecule has 0 heterocycles. The van der Waals surface area contributed by atoms with Gasteiger partial charge in [-0.15, -0.1) is 0 Å². The van der Waals surface area contributed by atoms with Crippen LogP contribution in [0.15, 0.2) is 47.5 Å². The number of carbonyl (C=O) groups is 2. The third kappa shape index (κ3) is 6.88. The zero-order chi connectivity index (χ0) is 22.1. The third-order valence-electron chi connectivity index (χ3n) is 4.45. The number of amides is 2. The first-order valence-corrected chi connectivity index (χ1v) is 9.76. The van der Waals surface area contributed by atoms with Crippen LogP contribution in [0, 0.1) is 12.7 Å². The molecule has 30 heavy (non-hydrogen) atoms. The monoisotopic (exact) mass is 413 g/mol. The predicted octanol–water partition coefficient (Wildman–Crippen LogP) is 2.17. The normalized spacial score (nSPS) is 12.2. The summed E-state index contributed by atoms with van der Waals surface area (Å²) in [6.45, 7) is 6.51. The van der Waals surface area contributed by atoms with E-state index in [1.54, 1.807) is 37.3 Å². The molecule has 5 N–H and O–H groups in total. The van der Waals surface area contributed by atoms with Gasteiger partial charge in [0.25, 0.3) is 5.91 Å². The highest BCUT2D eigenvalue weighted by atomic mass is 19.1. The van der Waals surface area contributed by atoms with Crippen molar-refractivity contribution >= 4 is 17.8 Å². The smallest absolute Gasteiger partial charge is 0.251 e. The highest BCUT2D eigenvalue weighted by Crippen LogP contribution is 2.16. The third-order valence-corrected chi connectivity index (χ3v) is 4.45. The Bertz CT molecular complexity index is 912. The van der Waals surface area contributed by atoms with Gasteiger partial charge in [-0.3, -0.25) is 9.59 Å². The van der Waals surface area contributed by atoms with Gasteiger partial charge in [-0.05, 0) is 55.7 Å². The lowest BCUT2D eigenvalue weighted by atomic mass is 10.1. The Hall–Kier alpha value is -3.42. The quantitative estimate of drug-likeness (QED) is 0.393. The first-order valence-electron chi connectivity index (χ1n) is 9.76. The summed E-state index contributed by atoms with van der Waals surface area (Å²) in [4.78, 5) is 27.2. The van der Waals surface area contributed by atoms with Crippen LogP contribution in [0.5, 0.6) is 0 Å². The summed E-state index contributed by atoms with van der Waals surface area (Å²) < 4.78 is 13.8. The summed E-state index contributed by atoms with van der Waals surface area (Å²) in [5.41, 5.74) is 7.80. The highest BCUT2D eigenvalue weighted by Gasteiger charge is 2.10. The molecule has 0 spiro atoms. The van der Waals surface area contributed by atoms with Gasteiger partial charge in [0.2, 0.25) is 5.91 Å². The van der Waals surface area contributed by atoms with E-state index in [-0.39, 0.29) is 24.3 Å². The topological polar surface area (TPSA) is 109 Å². The number of nitrogens with zero attached hydrogens (tertiary/aromatic N) is 1. The molecule has 2 aromatic rings. The van der Waals surface area contributed by atoms with E-state index in [1.807, 2.05) is 19.9 Å². The zero-order valence-electron chi connectivity index (χ0n) is 17.5. The van der Waals surface area contributed by atoms with Gasteiger partial charge in [-0.25, -0.2) is 9.38 Å². The van der Waals surface area contributed by atoms with Gasteiger partial charge in [0, 0.05) is 12.1 Å². The summed E-state index contributed by atoms with van der Waals surface area (Å²) in [5.74, 6) is -0.587. The number of primary amides is 1. The first kappa shape index (κ1) is 22.9. The molecule has 2 rings (SSSR count). The van der Waals surface area contributed by atoms with Gasteiger partial charge >= 0.3 is 0 Å². The van der Waals surface area contributed by atoms with E-state index in [1.165, 1.54) is 6.07 Å². The van der Waals surface area contributed by atoms with Crippen LogP contribution in [0.3, 0.4) is 0 Å². The Labute approximate surface area is 176 Å². The molecule has 8 heteroatoms. The standard InChI is InChI=1S/C22H28FN5O2/c1-4-25-22(28-15(3)18-8-5-14(2)19(23)11-18)27-12-16-6-9-17(10-7-16)21(30)26-13-20(24)29/h5-11,15H,4,12-13H2,1-3H3,(H2,24,29)(H,26,30)(H2,25,27,28). The number of nitrogens with two attached hydrogens (primary N) is 1. The van der Waals surface area contributed by atoms with Crippen LogP contribution in [-0.4, -0.2) is 30.9 Å². The number of halogens is 1. The zero-order valence-corrected chi connectivity index (χ0v) is 17.5. The Morgan fingerprint density at radius 1 is 1.13 bits per heavy atom. The molecule has 0 saturated carbocycles. The summed E-state index contributed by atoms with van der Waals surface area (Å²) >= 11 is 0. The molecule has 0 fully saturated rings. The SMILES string of the molecule is CCNC(=NCc1ccc(C(=O)NCC(N)=O)cc1)NC(C)c1ccc(C)c(F)c1. The minimum absolute atomic E-state index is 0.130. The predicted molar refractivity (Wildman–Crippen MR) is 115 cm³/mol. The van der Waals surface area contributed by atoms with E-state index < -0.39 is 5.91 Å². The largest absolute Gasteiger partial charge is 0.368 e. The second-order valence-electron chi connectivity index (χ2n) is 6.92. The lowest BCUT2D eigenvalue weighted by Gasteiger charge is -2.18. The number of hydrogen-bond acceptors (Lipinski definition) is 3. The van der Waals surface area contributed by atoms with Crippen molar-refractivity contribution < 1.29 is 14.0 Å². The molecule has 2 aromatic carbocycles. The number of aryl methyl sites for hydroxylation is 1. The van der Waals surface area contributed by atoms with Gasteiger partial charge < -0.3 is 21.7 Å². The molecule has 2 amide bonds. The molecule has 160 valence electrons. The maximum absolute atomic E-state index is 13.8. The number of benzene rings is 2. The summed E-state index contributed by atoms with van der Waals surface area (Å²) in [7, 11) is 0. The van der Waals surface area contributed by atoms with Crippen molar-refractivity contribution in [2.24, 2.45) is 10.7 Å². The Balaban J connectivity index is 2.02. The van der Waals surface area contributed by atoms with E-state index >= 15 is 0 Å². The summed E-state index contributed by atoms with van der Waals surface area (Å²) in [6.07, 6.45) is 0. The maximum atomic E-state index is 13.8. The lowest BCUT2D eigenvalue weighted by Crippen LogP contribution is -2.38. The molecular formula is C22H28FN5O2. The van der Waals surface area contributed by atoms with E-state index in [4.69, 9.17) is 5.73 Å². The fourth-order valence-electron chi connectivity index (χ4n) is 2.69. The molecule has 0 saturated heterocycles. The summed E-state index contributed by atoms with van der Waals surface area (Å²) in [5, 5.41) is 8.89. The number of guanidine groups is 1. The van der Waals surface area contributed by atoms with Crippen molar-refractivity contribution in [3.63, 3.8) is 0 Å². The van der Waals surface area contributed by atoms with Crippen molar-refractivity contribution in [1.82, 2.24) is 16.0 Å². The van der Waals surface area contributed by atoms with Crippen molar-refractivity contribution in [2.45, 2.75) is 33.4 Å². The van der Waals surface area contributed by atoms with E-state index in [2.05, 4.69) is 20.9 Å². The van der Waals surface area contributed by atoms with Crippen molar-refractivity contribution in [2.75, 3.05) is 13.1 Å². The Kier molecular flexibility index (Phi) is 8.34. The fourth-order valence-corrected chi connectivity index (χ4v) is 2.69. The molecular weight excluding hydrogens is 385 g/mol. The number of rotatable bonds is 8. The van der Waals surface area contributed by atoms with Gasteiger partial charge in [-0.1, -0.05) is 24.3 Å². The van der Waals surface area contributed by atoms with Crippen molar-refractivity contribution in [3.8, 4) is 0 Å². The van der Waals surface area contributed by atoms with E-state index in [0.717, 1.165) is 11.1 Å². The van der Waals surface area contributed by atoms with Crippen LogP contribution >= 0.6 is 0 Å². The minimum atomic E-state index is -0.597. The number of carbonyl (C=O) groups excluding carboxylic acids is 2. The van der Waals surface area contributed by atoms with Gasteiger partial charge in [0.05, 0.1) is 19.1 Å². The minimum Gasteiger partial charge on any atom is -0.368 e. The van der Waals surface area contributed by atoms with E-state index in [0.29, 0.717) is 30.2 Å². The highest BCUT2D eigenvalue weighted by molar-refractivity contribution is 5.96. The van der Waals surface area contributed by atoms with Crippen LogP contribution < -0.4 is 21.7 Å². The average Bonchev–Trinajstić information content (AvgIpc) is 2.72. The number of nitrogens with one attached hydrogen (secondary N) is 3. The van der Waals surface area contributed by atoms with Crippen LogP contribution in [-0.2, 0) is 11.3 Å². The van der Waals surface area contributed by atoms with Crippen LogP contribution in [0.1, 0.15) is 46.9 Å². The molecule has 0 aromatic heterocycles. The average molecular weight is 413 g/mol. The van der Waals surface area contributed by atoms with Crippen molar-refractivity contribution in [3.05, 3.63) is 70.5 Å². The molecule has 1 atom stereocenters. The van der Waals surface area contributed by atoms with Crippen molar-refractivity contribution in [1.29, 1.82) is 0 Å². The Morgan fingerprint density at radius 3 is 2.43 bits per heavy atom. The van der Waals surface area contributed by atoms with Gasteiger partial charge in [0.15, 0.2) is 5.96 Å². The molecule has 0 aliphatic carbocycles. The Morgan fingerprint density at radius 2 is 1.83 bits per heavy atom. The summed E-state index contributed by atoms with van der Waals surface area (Å²) in [6, 6.07) is 12.0. The molecule has 7 nitrogen and oxygen atoms in total. The second kappa shape index (κ2) is 10.9. The fraction of sp³-hybridized carbons (Fsp3) is 0.318. The van der Waals surface area contributed by atoms with Crippen LogP contribution in [0.4, 0.5) is 4.39 Å². The maximum Gasteiger partial charge on any atom is 0.251 e. The lowest BCUT2D eigenvalue weighted by molar-refractivity contribution is -0.117. The number of hydrogen-bond donors (Lipinski definition) is 4. The molecule has 0 aliphatic rings. The first-order chi connectivity index (χ1) is 14.3. The van der Waals surface area contributed by atoms with Crippen LogP contribution in [0.25, 0.3) is 0 Å². The van der Waals surface area contributed by atoms with Gasteiger partial charge in [-0.2, -0.15) is 0 Å². The molecule has 0 aliphatic heterocycles. The molecule has 0 bridgehead atoms.